The molecule has 0 aliphatic carbocycles. The van der Waals surface area contributed by atoms with Gasteiger partial charge >= 0.3 is 0 Å². The standard InChI is InChI=1S/C22H21ClN4O3/c1-28-18-10-14(11-19(29-2)20(18)30-3)12-25-21-22-26-13-17(27(22)9-8-24-21)15-4-6-16(23)7-5-15/h4-11,13H,12H2,1-3H3,(H,24,25). The number of fused-ring (bicyclic) bond motifs is 1. The number of nitrogens with one attached hydrogen (secondary N) is 1. The van der Waals surface area contributed by atoms with Gasteiger partial charge in [-0.1, -0.05) is 23.7 Å². The molecule has 0 unspecified atom stereocenters. The van der Waals surface area contributed by atoms with Crippen molar-refractivity contribution in [1.29, 1.82) is 0 Å². The summed E-state index contributed by atoms with van der Waals surface area (Å²) < 4.78 is 18.2. The van der Waals surface area contributed by atoms with E-state index in [9.17, 15) is 0 Å². The van der Waals surface area contributed by atoms with E-state index >= 15 is 0 Å². The SMILES string of the molecule is COc1cc(CNc2nccn3c(-c4ccc(Cl)cc4)cnc23)cc(OC)c1OC. The summed E-state index contributed by atoms with van der Waals surface area (Å²) in [6.45, 7) is 0.506. The zero-order chi connectivity index (χ0) is 21.1. The number of hydrogen-bond donors (Lipinski definition) is 1. The Hall–Kier alpha value is -3.45. The minimum absolute atomic E-state index is 0.506. The van der Waals surface area contributed by atoms with E-state index in [2.05, 4.69) is 15.3 Å². The van der Waals surface area contributed by atoms with Crippen molar-refractivity contribution in [3.05, 3.63) is 65.6 Å². The predicted octanol–water partition coefficient (Wildman–Crippen LogP) is 4.69. The van der Waals surface area contributed by atoms with Crippen LogP contribution in [-0.4, -0.2) is 35.7 Å². The van der Waals surface area contributed by atoms with Gasteiger partial charge in [-0.25, -0.2) is 9.97 Å². The van der Waals surface area contributed by atoms with Crippen molar-refractivity contribution >= 4 is 23.1 Å². The summed E-state index contributed by atoms with van der Waals surface area (Å²) >= 11 is 6.01. The first-order chi connectivity index (χ1) is 14.6. The molecule has 2 heterocycles. The van der Waals surface area contributed by atoms with E-state index in [1.165, 1.54) is 0 Å². The lowest BCUT2D eigenvalue weighted by atomic mass is 10.1. The average molecular weight is 425 g/mol. The summed E-state index contributed by atoms with van der Waals surface area (Å²) in [5.74, 6) is 2.44. The van der Waals surface area contributed by atoms with Crippen LogP contribution < -0.4 is 19.5 Å². The second kappa shape index (κ2) is 8.51. The molecule has 2 aromatic carbocycles. The first-order valence-corrected chi connectivity index (χ1v) is 9.63. The fraction of sp³-hybridized carbons (Fsp3) is 0.182. The molecule has 0 aliphatic rings. The fourth-order valence-corrected chi connectivity index (χ4v) is 3.43. The number of methoxy groups -OCH3 is 3. The number of aromatic nitrogens is 3. The smallest absolute Gasteiger partial charge is 0.203 e. The van der Waals surface area contributed by atoms with Crippen LogP contribution in [0, 0.1) is 0 Å². The van der Waals surface area contributed by atoms with E-state index < -0.39 is 0 Å². The van der Waals surface area contributed by atoms with Gasteiger partial charge in [-0.05, 0) is 29.8 Å². The number of halogens is 1. The third-order valence-corrected chi connectivity index (χ3v) is 5.00. The Morgan fingerprint density at radius 3 is 2.30 bits per heavy atom. The van der Waals surface area contributed by atoms with Crippen LogP contribution in [0.15, 0.2) is 55.0 Å². The Labute approximate surface area is 179 Å². The van der Waals surface area contributed by atoms with E-state index in [1.807, 2.05) is 53.2 Å². The Balaban J connectivity index is 1.63. The van der Waals surface area contributed by atoms with E-state index in [0.29, 0.717) is 34.6 Å². The largest absolute Gasteiger partial charge is 0.493 e. The normalized spacial score (nSPS) is 10.8. The van der Waals surface area contributed by atoms with Crippen LogP contribution in [0.1, 0.15) is 5.56 Å². The van der Waals surface area contributed by atoms with E-state index in [-0.39, 0.29) is 0 Å². The maximum absolute atomic E-state index is 6.01. The molecule has 0 aliphatic heterocycles. The lowest BCUT2D eigenvalue weighted by Gasteiger charge is -2.14. The number of anilines is 1. The molecule has 0 spiro atoms. The number of ether oxygens (including phenoxy) is 3. The van der Waals surface area contributed by atoms with Crippen molar-refractivity contribution in [2.75, 3.05) is 26.6 Å². The molecule has 0 radical (unpaired) electrons. The first kappa shape index (κ1) is 19.8. The second-order valence-electron chi connectivity index (χ2n) is 6.51. The lowest BCUT2D eigenvalue weighted by Crippen LogP contribution is -2.05. The van der Waals surface area contributed by atoms with Crippen LogP contribution in [0.2, 0.25) is 5.02 Å². The highest BCUT2D eigenvalue weighted by molar-refractivity contribution is 6.30. The number of hydrogen-bond acceptors (Lipinski definition) is 6. The van der Waals surface area contributed by atoms with Gasteiger partial charge in [0.05, 0.1) is 33.2 Å². The topological polar surface area (TPSA) is 69.9 Å². The molecule has 0 saturated heterocycles. The summed E-state index contributed by atoms with van der Waals surface area (Å²) in [5, 5.41) is 4.05. The molecule has 7 nitrogen and oxygen atoms in total. The zero-order valence-corrected chi connectivity index (χ0v) is 17.6. The molecular weight excluding hydrogens is 404 g/mol. The Morgan fingerprint density at radius 1 is 0.967 bits per heavy atom. The van der Waals surface area contributed by atoms with Gasteiger partial charge in [-0.15, -0.1) is 0 Å². The van der Waals surface area contributed by atoms with Gasteiger partial charge in [0.1, 0.15) is 0 Å². The molecule has 4 aromatic rings. The van der Waals surface area contributed by atoms with Crippen molar-refractivity contribution < 1.29 is 14.2 Å². The molecule has 30 heavy (non-hydrogen) atoms. The summed E-state index contributed by atoms with van der Waals surface area (Å²) in [4.78, 5) is 9.02. The maximum atomic E-state index is 6.01. The molecule has 0 bridgehead atoms. The number of benzene rings is 2. The monoisotopic (exact) mass is 424 g/mol. The van der Waals surface area contributed by atoms with Gasteiger partial charge in [-0.3, -0.25) is 4.40 Å². The highest BCUT2D eigenvalue weighted by Gasteiger charge is 2.14. The minimum Gasteiger partial charge on any atom is -0.493 e. The average Bonchev–Trinajstić information content (AvgIpc) is 3.22. The molecule has 8 heteroatoms. The molecular formula is C22H21ClN4O3. The molecule has 0 fully saturated rings. The molecule has 1 N–H and O–H groups in total. The fourth-order valence-electron chi connectivity index (χ4n) is 3.30. The lowest BCUT2D eigenvalue weighted by molar-refractivity contribution is 0.324. The van der Waals surface area contributed by atoms with Crippen LogP contribution in [-0.2, 0) is 6.54 Å². The van der Waals surface area contributed by atoms with Crippen LogP contribution >= 0.6 is 11.6 Å². The van der Waals surface area contributed by atoms with Gasteiger partial charge in [-0.2, -0.15) is 0 Å². The summed E-state index contributed by atoms with van der Waals surface area (Å²) in [6.07, 6.45) is 5.45. The number of imidazole rings is 1. The van der Waals surface area contributed by atoms with Crippen molar-refractivity contribution in [3.8, 4) is 28.5 Å². The second-order valence-corrected chi connectivity index (χ2v) is 6.94. The van der Waals surface area contributed by atoms with Crippen LogP contribution in [0.4, 0.5) is 5.82 Å². The van der Waals surface area contributed by atoms with Crippen LogP contribution in [0.25, 0.3) is 16.9 Å². The number of rotatable bonds is 7. The van der Waals surface area contributed by atoms with Crippen LogP contribution in [0.5, 0.6) is 17.2 Å². The molecule has 0 saturated carbocycles. The quantitative estimate of drug-likeness (QED) is 0.464. The Morgan fingerprint density at radius 2 is 1.67 bits per heavy atom. The van der Waals surface area contributed by atoms with Crippen molar-refractivity contribution in [3.63, 3.8) is 0 Å². The highest BCUT2D eigenvalue weighted by atomic mass is 35.5. The predicted molar refractivity (Wildman–Crippen MR) is 117 cm³/mol. The van der Waals surface area contributed by atoms with Crippen LogP contribution in [0.3, 0.4) is 0 Å². The maximum Gasteiger partial charge on any atom is 0.203 e. The summed E-state index contributed by atoms with van der Waals surface area (Å²) in [5.41, 5.74) is 3.67. The minimum atomic E-state index is 0.506. The third kappa shape index (κ3) is 3.71. The third-order valence-electron chi connectivity index (χ3n) is 4.75. The van der Waals surface area contributed by atoms with Gasteiger partial charge in [0, 0.05) is 29.5 Å². The van der Waals surface area contributed by atoms with Gasteiger partial charge in [0.15, 0.2) is 23.0 Å². The van der Waals surface area contributed by atoms with Gasteiger partial charge in [0.25, 0.3) is 0 Å². The number of nitrogens with zero attached hydrogens (tertiary/aromatic N) is 3. The van der Waals surface area contributed by atoms with Crippen molar-refractivity contribution in [1.82, 2.24) is 14.4 Å². The summed E-state index contributed by atoms with van der Waals surface area (Å²) in [6, 6.07) is 11.5. The Kier molecular flexibility index (Phi) is 5.63. The molecule has 2 aromatic heterocycles. The first-order valence-electron chi connectivity index (χ1n) is 9.25. The molecule has 4 rings (SSSR count). The zero-order valence-electron chi connectivity index (χ0n) is 16.8. The molecule has 154 valence electrons. The van der Waals surface area contributed by atoms with Gasteiger partial charge in [0.2, 0.25) is 5.75 Å². The van der Waals surface area contributed by atoms with Crippen molar-refractivity contribution in [2.45, 2.75) is 6.54 Å². The summed E-state index contributed by atoms with van der Waals surface area (Å²) in [7, 11) is 4.78. The molecule has 0 atom stereocenters. The van der Waals surface area contributed by atoms with Gasteiger partial charge < -0.3 is 19.5 Å². The van der Waals surface area contributed by atoms with E-state index in [0.717, 1.165) is 22.5 Å². The van der Waals surface area contributed by atoms with Crippen molar-refractivity contribution in [2.24, 2.45) is 0 Å². The van der Waals surface area contributed by atoms with E-state index in [1.54, 1.807) is 27.5 Å². The molecule has 0 amide bonds. The highest BCUT2D eigenvalue weighted by Crippen LogP contribution is 2.38. The Bertz CT molecular complexity index is 1150. The van der Waals surface area contributed by atoms with E-state index in [4.69, 9.17) is 25.8 Å².